The van der Waals surface area contributed by atoms with Gasteiger partial charge in [0.25, 0.3) is 0 Å². The predicted octanol–water partition coefficient (Wildman–Crippen LogP) is 1.31. The van der Waals surface area contributed by atoms with E-state index in [1.54, 1.807) is 18.7 Å². The van der Waals surface area contributed by atoms with Crippen molar-refractivity contribution in [2.45, 2.75) is 53.1 Å². The Morgan fingerprint density at radius 2 is 1.86 bits per heavy atom. The summed E-state index contributed by atoms with van der Waals surface area (Å²) >= 11 is 0. The largest absolute Gasteiger partial charge is 0.465 e. The van der Waals surface area contributed by atoms with E-state index in [9.17, 15) is 14.9 Å². The van der Waals surface area contributed by atoms with Gasteiger partial charge in [0.1, 0.15) is 5.54 Å². The highest BCUT2D eigenvalue weighted by Crippen LogP contribution is 2.15. The van der Waals surface area contributed by atoms with Crippen molar-refractivity contribution in [2.24, 2.45) is 5.92 Å². The molecule has 120 valence electrons. The van der Waals surface area contributed by atoms with Gasteiger partial charge in [0.05, 0.1) is 25.8 Å². The lowest BCUT2D eigenvalue weighted by molar-refractivity contribution is -0.145. The van der Waals surface area contributed by atoms with Crippen LogP contribution in [0.15, 0.2) is 0 Å². The van der Waals surface area contributed by atoms with Crippen LogP contribution < -0.4 is 5.32 Å². The fourth-order valence-corrected chi connectivity index (χ4v) is 1.61. The summed E-state index contributed by atoms with van der Waals surface area (Å²) in [5.41, 5.74) is -0.913. The quantitative estimate of drug-likeness (QED) is 0.683. The number of hydrogen-bond donors (Lipinski definition) is 1. The summed E-state index contributed by atoms with van der Waals surface area (Å²) in [7, 11) is 0. The fourth-order valence-electron chi connectivity index (χ4n) is 1.61. The molecule has 6 heteroatoms. The van der Waals surface area contributed by atoms with Crippen molar-refractivity contribution in [1.82, 2.24) is 10.2 Å². The maximum absolute atomic E-state index is 12.1. The first-order valence-electron chi connectivity index (χ1n) is 7.28. The van der Waals surface area contributed by atoms with E-state index in [1.165, 1.54) is 0 Å². The molecule has 0 aromatic carbocycles. The molecule has 0 radical (unpaired) electrons. The van der Waals surface area contributed by atoms with Crippen LogP contribution in [0.3, 0.4) is 0 Å². The van der Waals surface area contributed by atoms with Crippen LogP contribution in [-0.2, 0) is 14.3 Å². The number of esters is 1. The van der Waals surface area contributed by atoms with Gasteiger partial charge in [-0.05, 0) is 33.6 Å². The van der Waals surface area contributed by atoms with E-state index in [-0.39, 0.29) is 36.9 Å². The van der Waals surface area contributed by atoms with Crippen molar-refractivity contribution in [3.05, 3.63) is 0 Å². The molecule has 0 bridgehead atoms. The Hall–Kier alpha value is -1.61. The van der Waals surface area contributed by atoms with E-state index in [1.807, 2.05) is 27.7 Å². The van der Waals surface area contributed by atoms with Crippen LogP contribution >= 0.6 is 0 Å². The normalized spacial score (nSPS) is 13.9. The first-order chi connectivity index (χ1) is 9.66. The summed E-state index contributed by atoms with van der Waals surface area (Å²) in [6.45, 7) is 11.4. The first-order valence-corrected chi connectivity index (χ1v) is 7.28. The third kappa shape index (κ3) is 6.58. The van der Waals surface area contributed by atoms with E-state index < -0.39 is 5.54 Å². The summed E-state index contributed by atoms with van der Waals surface area (Å²) in [6, 6.07) is 2.15. The maximum atomic E-state index is 12.1. The Labute approximate surface area is 127 Å². The minimum absolute atomic E-state index is 0.0102. The molecule has 0 aromatic rings. The lowest BCUT2D eigenvalue weighted by atomic mass is 9.90. The van der Waals surface area contributed by atoms with Gasteiger partial charge < -0.3 is 10.1 Å². The minimum atomic E-state index is -0.913. The predicted molar refractivity (Wildman–Crippen MR) is 80.3 cm³/mol. The summed E-state index contributed by atoms with van der Waals surface area (Å²) in [5.74, 6) is -0.638. The second kappa shape index (κ2) is 8.63. The van der Waals surface area contributed by atoms with E-state index in [0.29, 0.717) is 6.61 Å². The molecule has 0 saturated carbocycles. The van der Waals surface area contributed by atoms with Crippen molar-refractivity contribution in [2.75, 3.05) is 19.7 Å². The summed E-state index contributed by atoms with van der Waals surface area (Å²) in [6.07, 6.45) is 0. The smallest absolute Gasteiger partial charge is 0.320 e. The van der Waals surface area contributed by atoms with Crippen LogP contribution in [0.5, 0.6) is 0 Å². The Kier molecular flexibility index (Phi) is 7.97. The van der Waals surface area contributed by atoms with Crippen LogP contribution in [0.4, 0.5) is 0 Å². The van der Waals surface area contributed by atoms with Crippen molar-refractivity contribution in [3.63, 3.8) is 0 Å². The van der Waals surface area contributed by atoms with Gasteiger partial charge in [-0.15, -0.1) is 0 Å². The zero-order valence-electron chi connectivity index (χ0n) is 13.9. The molecule has 0 fully saturated rings. The molecular weight excluding hydrogens is 270 g/mol. The molecule has 0 heterocycles. The average Bonchev–Trinajstić information content (AvgIpc) is 2.37. The number of carbonyl (C=O) groups excluding carboxylic acids is 2. The molecule has 0 aliphatic heterocycles. The van der Waals surface area contributed by atoms with Crippen molar-refractivity contribution in [3.8, 4) is 6.07 Å². The van der Waals surface area contributed by atoms with E-state index in [2.05, 4.69) is 11.4 Å². The molecule has 0 saturated heterocycles. The number of nitrogens with zero attached hydrogens (tertiary/aromatic N) is 2. The zero-order chi connectivity index (χ0) is 16.6. The minimum Gasteiger partial charge on any atom is -0.465 e. The van der Waals surface area contributed by atoms with Crippen molar-refractivity contribution < 1.29 is 14.3 Å². The zero-order valence-corrected chi connectivity index (χ0v) is 13.9. The molecule has 1 amide bonds. The molecule has 0 aliphatic rings. The van der Waals surface area contributed by atoms with E-state index in [4.69, 9.17) is 4.74 Å². The standard InChI is InChI=1S/C15H27N3O3/c1-7-21-14(20)9-18(12(4)5)8-13(19)17-15(6,10-16)11(2)3/h11-12H,7-9H2,1-6H3,(H,17,19). The topological polar surface area (TPSA) is 82.4 Å². The molecule has 0 aromatic heterocycles. The molecule has 0 aliphatic carbocycles. The summed E-state index contributed by atoms with van der Waals surface area (Å²) in [4.78, 5) is 25.4. The first kappa shape index (κ1) is 19.4. The monoisotopic (exact) mass is 297 g/mol. The van der Waals surface area contributed by atoms with Gasteiger partial charge in [-0.25, -0.2) is 0 Å². The van der Waals surface area contributed by atoms with Gasteiger partial charge in [0.15, 0.2) is 0 Å². The molecule has 0 spiro atoms. The van der Waals surface area contributed by atoms with Gasteiger partial charge in [-0.1, -0.05) is 13.8 Å². The molecule has 1 N–H and O–H groups in total. The van der Waals surface area contributed by atoms with Gasteiger partial charge in [-0.3, -0.25) is 14.5 Å². The SMILES string of the molecule is CCOC(=O)CN(CC(=O)NC(C)(C#N)C(C)C)C(C)C. The number of rotatable bonds is 8. The van der Waals surface area contributed by atoms with Crippen LogP contribution in [-0.4, -0.2) is 48.1 Å². The van der Waals surface area contributed by atoms with Gasteiger partial charge in [0, 0.05) is 6.04 Å². The summed E-state index contributed by atoms with van der Waals surface area (Å²) < 4.78 is 4.90. The maximum Gasteiger partial charge on any atom is 0.320 e. The summed E-state index contributed by atoms with van der Waals surface area (Å²) in [5, 5.41) is 12.0. The van der Waals surface area contributed by atoms with Crippen molar-refractivity contribution >= 4 is 11.9 Å². The fraction of sp³-hybridized carbons (Fsp3) is 0.800. The molecule has 6 nitrogen and oxygen atoms in total. The number of carbonyl (C=O) groups is 2. The number of nitrogens with one attached hydrogen (secondary N) is 1. The van der Waals surface area contributed by atoms with E-state index >= 15 is 0 Å². The van der Waals surface area contributed by atoms with E-state index in [0.717, 1.165) is 0 Å². The lowest BCUT2D eigenvalue weighted by Crippen LogP contribution is -2.53. The Balaban J connectivity index is 4.70. The molecule has 0 rings (SSSR count). The Bertz CT molecular complexity index is 401. The van der Waals surface area contributed by atoms with Crippen LogP contribution in [0.2, 0.25) is 0 Å². The van der Waals surface area contributed by atoms with Gasteiger partial charge >= 0.3 is 5.97 Å². The number of hydrogen-bond acceptors (Lipinski definition) is 5. The number of nitriles is 1. The Morgan fingerprint density at radius 3 is 2.24 bits per heavy atom. The average molecular weight is 297 g/mol. The molecule has 21 heavy (non-hydrogen) atoms. The van der Waals surface area contributed by atoms with Gasteiger partial charge in [0.2, 0.25) is 5.91 Å². The third-order valence-electron chi connectivity index (χ3n) is 3.50. The second-order valence-electron chi connectivity index (χ2n) is 5.82. The highest BCUT2D eigenvalue weighted by molar-refractivity contribution is 5.80. The van der Waals surface area contributed by atoms with Crippen LogP contribution in [0.1, 0.15) is 41.5 Å². The molecular formula is C15H27N3O3. The lowest BCUT2D eigenvalue weighted by Gasteiger charge is -2.30. The Morgan fingerprint density at radius 1 is 1.29 bits per heavy atom. The van der Waals surface area contributed by atoms with Gasteiger partial charge in [-0.2, -0.15) is 5.26 Å². The molecule has 1 unspecified atom stereocenters. The second-order valence-corrected chi connectivity index (χ2v) is 5.82. The number of ether oxygens (including phenoxy) is 1. The third-order valence-corrected chi connectivity index (χ3v) is 3.50. The molecule has 1 atom stereocenters. The van der Waals surface area contributed by atoms with Crippen LogP contribution in [0.25, 0.3) is 0 Å². The van der Waals surface area contributed by atoms with Crippen LogP contribution in [0, 0.1) is 17.2 Å². The van der Waals surface area contributed by atoms with Crippen molar-refractivity contribution in [1.29, 1.82) is 5.26 Å². The highest BCUT2D eigenvalue weighted by atomic mass is 16.5. The highest BCUT2D eigenvalue weighted by Gasteiger charge is 2.31. The number of amides is 1.